The Balaban J connectivity index is 1.46. The maximum absolute atomic E-state index is 12.6. The minimum absolute atomic E-state index is 0.238. The van der Waals surface area contributed by atoms with Gasteiger partial charge in [-0.3, -0.25) is 9.36 Å². The van der Waals surface area contributed by atoms with E-state index in [4.69, 9.17) is 9.47 Å². The molecule has 0 radical (unpaired) electrons. The number of aromatic nitrogens is 6. The van der Waals surface area contributed by atoms with Gasteiger partial charge in [-0.15, -0.1) is 0 Å². The smallest absolute Gasteiger partial charge is 0.256 e. The van der Waals surface area contributed by atoms with E-state index in [9.17, 15) is 15.0 Å². The zero-order chi connectivity index (χ0) is 24.4. The average molecular weight is 479 g/mol. The first-order valence-electron chi connectivity index (χ1n) is 11.2. The zero-order valence-corrected chi connectivity index (χ0v) is 18.9. The second kappa shape index (κ2) is 9.88. The molecule has 3 N–H and O–H groups in total. The summed E-state index contributed by atoms with van der Waals surface area (Å²) in [5.41, 5.74) is 1.21. The van der Waals surface area contributed by atoms with Gasteiger partial charge >= 0.3 is 0 Å². The Morgan fingerprint density at radius 1 is 1.23 bits per heavy atom. The summed E-state index contributed by atoms with van der Waals surface area (Å²) in [5, 5.41) is 23.4. The Kier molecular flexibility index (Phi) is 6.51. The summed E-state index contributed by atoms with van der Waals surface area (Å²) in [6.45, 7) is 1.56. The summed E-state index contributed by atoms with van der Waals surface area (Å²) >= 11 is 0. The van der Waals surface area contributed by atoms with Crippen LogP contribution in [-0.2, 0) is 9.47 Å². The molecule has 4 aromatic rings. The van der Waals surface area contributed by atoms with Gasteiger partial charge in [0.2, 0.25) is 0 Å². The molecule has 1 aliphatic rings. The first kappa shape index (κ1) is 23.1. The Hall–Kier alpha value is -3.71. The van der Waals surface area contributed by atoms with Crippen molar-refractivity contribution in [3.8, 4) is 0 Å². The number of aliphatic hydroxyl groups excluding tert-OH is 2. The molecule has 1 aliphatic heterocycles. The van der Waals surface area contributed by atoms with Crippen LogP contribution >= 0.6 is 0 Å². The minimum Gasteiger partial charge on any atom is -0.394 e. The lowest BCUT2D eigenvalue weighted by Crippen LogP contribution is -2.37. The van der Waals surface area contributed by atoms with Crippen LogP contribution in [0.2, 0.25) is 0 Å². The molecule has 1 amide bonds. The predicted octanol–water partition coefficient (Wildman–Crippen LogP) is 1.52. The largest absolute Gasteiger partial charge is 0.394 e. The van der Waals surface area contributed by atoms with Crippen molar-refractivity contribution in [2.24, 2.45) is 0 Å². The maximum atomic E-state index is 12.6. The van der Waals surface area contributed by atoms with E-state index in [1.807, 2.05) is 13.0 Å². The van der Waals surface area contributed by atoms with Gasteiger partial charge in [0, 0.05) is 18.0 Å². The number of hydrogen-bond donors (Lipinski definition) is 3. The molecular weight excluding hydrogens is 454 g/mol. The van der Waals surface area contributed by atoms with Crippen molar-refractivity contribution in [1.29, 1.82) is 0 Å². The molecule has 1 fully saturated rings. The molecule has 12 heteroatoms. The predicted molar refractivity (Wildman–Crippen MR) is 123 cm³/mol. The molecule has 0 spiro atoms. The highest BCUT2D eigenvalue weighted by molar-refractivity contribution is 6.06. The van der Waals surface area contributed by atoms with Crippen LogP contribution in [0.1, 0.15) is 36.2 Å². The molecule has 5 atom stereocenters. The summed E-state index contributed by atoms with van der Waals surface area (Å²) < 4.78 is 15.6. The Labute approximate surface area is 200 Å². The van der Waals surface area contributed by atoms with E-state index in [-0.39, 0.29) is 18.3 Å². The molecule has 1 saturated heterocycles. The molecular formula is C23H25N7O5. The molecule has 1 aromatic carbocycles. The van der Waals surface area contributed by atoms with Gasteiger partial charge in [-0.2, -0.15) is 0 Å². The fourth-order valence-electron chi connectivity index (χ4n) is 4.14. The molecule has 0 bridgehead atoms. The first-order chi connectivity index (χ1) is 17.1. The number of carbonyl (C=O) groups excluding carboxylic acids is 1. The van der Waals surface area contributed by atoms with Gasteiger partial charge in [0.05, 0.1) is 19.3 Å². The Bertz CT molecular complexity index is 1280. The molecule has 35 heavy (non-hydrogen) atoms. The molecule has 1 unspecified atom stereocenters. The van der Waals surface area contributed by atoms with E-state index in [0.717, 1.165) is 0 Å². The number of ether oxygens (including phenoxy) is 2. The van der Waals surface area contributed by atoms with Crippen LogP contribution in [0.25, 0.3) is 11.2 Å². The van der Waals surface area contributed by atoms with Crippen molar-refractivity contribution in [2.75, 3.05) is 11.9 Å². The van der Waals surface area contributed by atoms with Gasteiger partial charge in [0.25, 0.3) is 5.91 Å². The zero-order valence-electron chi connectivity index (χ0n) is 18.9. The van der Waals surface area contributed by atoms with Crippen LogP contribution in [0.5, 0.6) is 0 Å². The molecule has 0 aliphatic carbocycles. The number of hydrogen-bond acceptors (Lipinski definition) is 9. The number of carbonyl (C=O) groups is 1. The molecule has 3 aromatic heterocycles. The second-order valence-corrected chi connectivity index (χ2v) is 8.08. The highest BCUT2D eigenvalue weighted by atomic mass is 16.6. The fourth-order valence-corrected chi connectivity index (χ4v) is 4.14. The van der Waals surface area contributed by atoms with E-state index >= 15 is 0 Å². The summed E-state index contributed by atoms with van der Waals surface area (Å²) in [7, 11) is 0. The topological polar surface area (TPSA) is 149 Å². The summed E-state index contributed by atoms with van der Waals surface area (Å²) in [5.74, 6) is -0.0949. The van der Waals surface area contributed by atoms with Crippen LogP contribution in [0.3, 0.4) is 0 Å². The average Bonchev–Trinajstić information content (AvgIpc) is 3.63. The van der Waals surface area contributed by atoms with Gasteiger partial charge in [-0.1, -0.05) is 25.1 Å². The Morgan fingerprint density at radius 2 is 2.06 bits per heavy atom. The van der Waals surface area contributed by atoms with Crippen molar-refractivity contribution in [3.63, 3.8) is 0 Å². The maximum Gasteiger partial charge on any atom is 0.256 e. The van der Waals surface area contributed by atoms with Crippen LogP contribution in [-0.4, -0.2) is 70.1 Å². The highest BCUT2D eigenvalue weighted by Crippen LogP contribution is 2.36. The van der Waals surface area contributed by atoms with E-state index < -0.39 is 30.8 Å². The van der Waals surface area contributed by atoms with Crippen molar-refractivity contribution >= 4 is 22.9 Å². The van der Waals surface area contributed by atoms with E-state index in [1.54, 1.807) is 52.1 Å². The van der Waals surface area contributed by atoms with E-state index in [0.29, 0.717) is 23.1 Å². The number of fused-ring (bicyclic) bond motifs is 1. The number of anilines is 1. The third-order valence-corrected chi connectivity index (χ3v) is 5.91. The lowest BCUT2D eigenvalue weighted by atomic mass is 10.1. The van der Waals surface area contributed by atoms with Crippen LogP contribution in [0, 0.1) is 0 Å². The van der Waals surface area contributed by atoms with Crippen LogP contribution < -0.4 is 5.32 Å². The standard InChI is InChI=1S/C23H25N7O5/c1-2-16(29-9-8-24-12-29)35-19-18(32)15(10-31)34-23(19)30-13-27-17-20(25-11-26-21(17)30)28-22(33)14-6-4-3-5-7-14/h3-9,11-13,15-16,18-19,23,31-32H,2,10H2,1H3,(H,25,26,28,33)/t15-,16?,18-,19-,23-/m1/s1. The number of nitrogens with zero attached hydrogens (tertiary/aromatic N) is 6. The molecule has 182 valence electrons. The number of nitrogens with one attached hydrogen (secondary N) is 1. The van der Waals surface area contributed by atoms with Gasteiger partial charge in [-0.25, -0.2) is 19.9 Å². The summed E-state index contributed by atoms with van der Waals surface area (Å²) in [6, 6.07) is 8.76. The van der Waals surface area contributed by atoms with Gasteiger partial charge in [-0.05, 0) is 18.6 Å². The lowest BCUT2D eigenvalue weighted by Gasteiger charge is -2.27. The molecule has 12 nitrogen and oxygen atoms in total. The van der Waals surface area contributed by atoms with Crippen molar-refractivity contribution in [3.05, 3.63) is 67.3 Å². The number of amides is 1. The third-order valence-electron chi connectivity index (χ3n) is 5.91. The number of aliphatic hydroxyl groups is 2. The van der Waals surface area contributed by atoms with Crippen molar-refractivity contribution < 1.29 is 24.5 Å². The number of imidazole rings is 2. The molecule has 4 heterocycles. The quantitative estimate of drug-likeness (QED) is 0.342. The normalized spacial score (nSPS) is 22.9. The minimum atomic E-state index is -1.10. The molecule has 5 rings (SSSR count). The summed E-state index contributed by atoms with van der Waals surface area (Å²) in [6.07, 6.45) is 4.42. The number of rotatable bonds is 8. The van der Waals surface area contributed by atoms with Gasteiger partial charge in [0.15, 0.2) is 23.2 Å². The second-order valence-electron chi connectivity index (χ2n) is 8.08. The van der Waals surface area contributed by atoms with Gasteiger partial charge < -0.3 is 29.6 Å². The SMILES string of the molecule is CCC(O[C@@H]1[C@H](O)[C@@H](CO)O[C@H]1n1cnc2c(NC(=O)c3ccccc3)ncnc21)n1ccnc1. The monoisotopic (exact) mass is 479 g/mol. The highest BCUT2D eigenvalue weighted by Gasteiger charge is 2.47. The summed E-state index contributed by atoms with van der Waals surface area (Å²) in [4.78, 5) is 29.6. The van der Waals surface area contributed by atoms with Crippen LogP contribution in [0.15, 0.2) is 61.7 Å². The van der Waals surface area contributed by atoms with Gasteiger partial charge in [0.1, 0.15) is 30.9 Å². The Morgan fingerprint density at radius 3 is 2.77 bits per heavy atom. The lowest BCUT2D eigenvalue weighted by molar-refractivity contribution is -0.125. The number of benzene rings is 1. The van der Waals surface area contributed by atoms with Crippen LogP contribution in [0.4, 0.5) is 5.82 Å². The molecule has 0 saturated carbocycles. The van der Waals surface area contributed by atoms with E-state index in [2.05, 4.69) is 25.3 Å². The fraction of sp³-hybridized carbons (Fsp3) is 0.348. The van der Waals surface area contributed by atoms with Crippen molar-refractivity contribution in [1.82, 2.24) is 29.1 Å². The van der Waals surface area contributed by atoms with E-state index in [1.165, 1.54) is 12.7 Å². The third kappa shape index (κ3) is 4.39. The first-order valence-corrected chi connectivity index (χ1v) is 11.2. The van der Waals surface area contributed by atoms with Crippen molar-refractivity contribution in [2.45, 2.75) is 44.1 Å².